The molecule has 3 aromatic carbocycles. The van der Waals surface area contributed by atoms with Gasteiger partial charge < -0.3 is 15.4 Å². The smallest absolute Gasteiger partial charge is 0.266 e. The molecule has 0 spiro atoms. The highest BCUT2D eigenvalue weighted by Crippen LogP contribution is 2.22. The van der Waals surface area contributed by atoms with E-state index in [-0.39, 0.29) is 18.1 Å². The van der Waals surface area contributed by atoms with Crippen molar-refractivity contribution >= 4 is 29.3 Å². The lowest BCUT2D eigenvalue weighted by atomic mass is 10.1. The second kappa shape index (κ2) is 10.8. The van der Waals surface area contributed by atoms with E-state index >= 15 is 0 Å². The number of nitriles is 1. The summed E-state index contributed by atoms with van der Waals surface area (Å²) in [5, 5.41) is 15.0. The molecule has 6 heteroatoms. The molecule has 2 N–H and O–H groups in total. The largest absolute Gasteiger partial charge is 0.483 e. The van der Waals surface area contributed by atoms with Crippen LogP contribution in [0.1, 0.15) is 22.3 Å². The summed E-state index contributed by atoms with van der Waals surface area (Å²) >= 11 is 0. The van der Waals surface area contributed by atoms with Crippen LogP contribution in [0.3, 0.4) is 0 Å². The van der Waals surface area contributed by atoms with Crippen molar-refractivity contribution in [2.75, 3.05) is 17.2 Å². The van der Waals surface area contributed by atoms with Gasteiger partial charge in [0, 0.05) is 16.9 Å². The third-order valence-electron chi connectivity index (χ3n) is 5.04. The van der Waals surface area contributed by atoms with Gasteiger partial charge >= 0.3 is 0 Å². The third-order valence-corrected chi connectivity index (χ3v) is 5.04. The topological polar surface area (TPSA) is 91.2 Å². The summed E-state index contributed by atoms with van der Waals surface area (Å²) < 4.78 is 5.68. The molecule has 0 aromatic heterocycles. The number of nitrogens with zero attached hydrogens (tertiary/aromatic N) is 1. The van der Waals surface area contributed by atoms with Gasteiger partial charge in [0.25, 0.3) is 11.8 Å². The zero-order valence-electron chi connectivity index (χ0n) is 18.8. The van der Waals surface area contributed by atoms with E-state index in [1.54, 1.807) is 36.4 Å². The number of carbonyl (C=O) groups is 2. The van der Waals surface area contributed by atoms with Crippen molar-refractivity contribution in [1.82, 2.24) is 0 Å². The summed E-state index contributed by atoms with van der Waals surface area (Å²) in [4.78, 5) is 24.9. The summed E-state index contributed by atoms with van der Waals surface area (Å²) in [6.45, 7) is 5.72. The average molecular weight is 440 g/mol. The molecule has 0 bridgehead atoms. The monoisotopic (exact) mass is 439 g/mol. The molecule has 0 atom stereocenters. The molecule has 0 saturated carbocycles. The van der Waals surface area contributed by atoms with Gasteiger partial charge in [-0.3, -0.25) is 9.59 Å². The van der Waals surface area contributed by atoms with Crippen LogP contribution in [0.15, 0.2) is 72.3 Å². The standard InChI is InChI=1S/C27H25N3O3/c1-18-8-11-23(12-9-18)30-27(32)22(16-28)15-21-6-4-5-7-25(21)33-17-26(31)29-24-13-10-19(2)20(3)14-24/h4-15H,17H2,1-3H3,(H,29,31)(H,30,32)/b22-15-. The Morgan fingerprint density at radius 1 is 0.909 bits per heavy atom. The van der Waals surface area contributed by atoms with Crippen molar-refractivity contribution in [1.29, 1.82) is 5.26 Å². The van der Waals surface area contributed by atoms with E-state index in [1.807, 2.05) is 57.2 Å². The van der Waals surface area contributed by atoms with Crippen LogP contribution in [0.4, 0.5) is 11.4 Å². The van der Waals surface area contributed by atoms with Crippen LogP contribution in [0.2, 0.25) is 0 Å². The van der Waals surface area contributed by atoms with Crippen molar-refractivity contribution < 1.29 is 14.3 Å². The molecule has 33 heavy (non-hydrogen) atoms. The van der Waals surface area contributed by atoms with Crippen LogP contribution < -0.4 is 15.4 Å². The number of hydrogen-bond acceptors (Lipinski definition) is 4. The molecule has 0 unspecified atom stereocenters. The molecule has 3 aromatic rings. The van der Waals surface area contributed by atoms with Gasteiger partial charge in [0.2, 0.25) is 0 Å². The maximum Gasteiger partial charge on any atom is 0.266 e. The van der Waals surface area contributed by atoms with Gasteiger partial charge in [-0.15, -0.1) is 0 Å². The first-order chi connectivity index (χ1) is 15.9. The van der Waals surface area contributed by atoms with E-state index in [0.29, 0.717) is 22.7 Å². The van der Waals surface area contributed by atoms with Crippen molar-refractivity contribution in [2.45, 2.75) is 20.8 Å². The zero-order chi connectivity index (χ0) is 23.8. The molecular formula is C27H25N3O3. The molecule has 166 valence electrons. The van der Waals surface area contributed by atoms with Crippen LogP contribution in [0.25, 0.3) is 6.08 Å². The Labute approximate surface area is 193 Å². The van der Waals surface area contributed by atoms with E-state index in [2.05, 4.69) is 10.6 Å². The molecule has 0 radical (unpaired) electrons. The van der Waals surface area contributed by atoms with Gasteiger partial charge in [-0.2, -0.15) is 5.26 Å². The highest BCUT2D eigenvalue weighted by molar-refractivity contribution is 6.09. The van der Waals surface area contributed by atoms with Crippen molar-refractivity contribution in [3.05, 3.63) is 94.6 Å². The van der Waals surface area contributed by atoms with Gasteiger partial charge in [0.05, 0.1) is 0 Å². The minimum Gasteiger partial charge on any atom is -0.483 e. The SMILES string of the molecule is Cc1ccc(NC(=O)/C(C#N)=C\c2ccccc2OCC(=O)Nc2ccc(C)c(C)c2)cc1. The van der Waals surface area contributed by atoms with E-state index in [1.165, 1.54) is 6.08 Å². The Kier molecular flexibility index (Phi) is 7.61. The minimum absolute atomic E-state index is 0.0776. The highest BCUT2D eigenvalue weighted by atomic mass is 16.5. The van der Waals surface area contributed by atoms with Crippen LogP contribution in [-0.2, 0) is 9.59 Å². The number of benzene rings is 3. The van der Waals surface area contributed by atoms with E-state index < -0.39 is 5.91 Å². The van der Waals surface area contributed by atoms with E-state index in [4.69, 9.17) is 4.74 Å². The summed E-state index contributed by atoms with van der Waals surface area (Å²) in [7, 11) is 0. The maximum atomic E-state index is 12.6. The van der Waals surface area contributed by atoms with Crippen LogP contribution >= 0.6 is 0 Å². The number of carbonyl (C=O) groups excluding carboxylic acids is 2. The number of aryl methyl sites for hydroxylation is 3. The summed E-state index contributed by atoms with van der Waals surface area (Å²) in [5.74, 6) is -0.443. The highest BCUT2D eigenvalue weighted by Gasteiger charge is 2.12. The molecule has 0 heterocycles. The van der Waals surface area contributed by atoms with E-state index in [0.717, 1.165) is 16.7 Å². The second-order valence-electron chi connectivity index (χ2n) is 7.66. The Balaban J connectivity index is 1.69. The van der Waals surface area contributed by atoms with Gasteiger partial charge in [-0.05, 0) is 68.3 Å². The fraction of sp³-hybridized carbons (Fsp3) is 0.148. The first-order valence-corrected chi connectivity index (χ1v) is 10.4. The van der Waals surface area contributed by atoms with Gasteiger partial charge in [0.15, 0.2) is 6.61 Å². The first-order valence-electron chi connectivity index (χ1n) is 10.4. The van der Waals surface area contributed by atoms with E-state index in [9.17, 15) is 14.9 Å². The zero-order valence-corrected chi connectivity index (χ0v) is 18.8. The number of nitrogens with one attached hydrogen (secondary N) is 2. The lowest BCUT2D eigenvalue weighted by molar-refractivity contribution is -0.118. The number of rotatable bonds is 7. The molecule has 2 amide bonds. The number of hydrogen-bond donors (Lipinski definition) is 2. The van der Waals surface area contributed by atoms with Crippen molar-refractivity contribution in [3.63, 3.8) is 0 Å². The second-order valence-corrected chi connectivity index (χ2v) is 7.66. The fourth-order valence-corrected chi connectivity index (χ4v) is 3.03. The molecule has 0 aliphatic rings. The number of anilines is 2. The lowest BCUT2D eigenvalue weighted by Gasteiger charge is -2.11. The van der Waals surface area contributed by atoms with Crippen LogP contribution in [-0.4, -0.2) is 18.4 Å². The average Bonchev–Trinajstić information content (AvgIpc) is 2.80. The Hall–Kier alpha value is -4.37. The normalized spacial score (nSPS) is 10.8. The number of amides is 2. The molecule has 0 saturated heterocycles. The van der Waals surface area contributed by atoms with Crippen molar-refractivity contribution in [3.8, 4) is 11.8 Å². The third kappa shape index (κ3) is 6.55. The summed E-state index contributed by atoms with van der Waals surface area (Å²) in [6.07, 6.45) is 1.44. The van der Waals surface area contributed by atoms with Gasteiger partial charge in [-0.25, -0.2) is 0 Å². The maximum absolute atomic E-state index is 12.6. The summed E-state index contributed by atoms with van der Waals surface area (Å²) in [6, 6.07) is 21.8. The Bertz CT molecular complexity index is 1240. The molecule has 3 rings (SSSR count). The van der Waals surface area contributed by atoms with Gasteiger partial charge in [0.1, 0.15) is 17.4 Å². The minimum atomic E-state index is -0.524. The number of ether oxygens (including phenoxy) is 1. The molecule has 0 fully saturated rings. The van der Waals surface area contributed by atoms with Crippen LogP contribution in [0, 0.1) is 32.1 Å². The quantitative estimate of drug-likeness (QED) is 0.392. The van der Waals surface area contributed by atoms with Gasteiger partial charge in [-0.1, -0.05) is 42.0 Å². The van der Waals surface area contributed by atoms with Crippen LogP contribution in [0.5, 0.6) is 5.75 Å². The van der Waals surface area contributed by atoms with Crippen molar-refractivity contribution in [2.24, 2.45) is 0 Å². The fourth-order valence-electron chi connectivity index (χ4n) is 3.03. The molecule has 0 aliphatic carbocycles. The first kappa shape index (κ1) is 23.3. The Morgan fingerprint density at radius 2 is 1.61 bits per heavy atom. The molecule has 6 nitrogen and oxygen atoms in total. The molecule has 0 aliphatic heterocycles. The predicted octanol–water partition coefficient (Wildman–Crippen LogP) is 5.18. The number of para-hydroxylation sites is 1. The lowest BCUT2D eigenvalue weighted by Crippen LogP contribution is -2.20. The molecular weight excluding hydrogens is 414 g/mol. The predicted molar refractivity (Wildman–Crippen MR) is 130 cm³/mol. The summed E-state index contributed by atoms with van der Waals surface area (Å²) in [5.41, 5.74) is 5.02. The Morgan fingerprint density at radius 3 is 2.30 bits per heavy atom.